The van der Waals surface area contributed by atoms with Gasteiger partial charge in [0.2, 0.25) is 5.91 Å². The molecule has 1 aliphatic heterocycles. The van der Waals surface area contributed by atoms with Crippen molar-refractivity contribution in [3.63, 3.8) is 0 Å². The van der Waals surface area contributed by atoms with Crippen LogP contribution in [0.25, 0.3) is 6.08 Å². The quantitative estimate of drug-likeness (QED) is 0.565. The molecular formula is C20H18N2O4S2. The van der Waals surface area contributed by atoms with Gasteiger partial charge in [-0.15, -0.1) is 0 Å². The fraction of sp³-hybridized carbons (Fsp3) is 0.150. The van der Waals surface area contributed by atoms with E-state index in [0.29, 0.717) is 33.0 Å². The number of carbonyl (C=O) groups excluding carboxylic acids is 2. The van der Waals surface area contributed by atoms with E-state index in [4.69, 9.17) is 17.0 Å². The molecule has 2 aromatic rings. The highest BCUT2D eigenvalue weighted by molar-refractivity contribution is 8.27. The van der Waals surface area contributed by atoms with Crippen molar-refractivity contribution in [3.05, 3.63) is 52.9 Å². The molecule has 0 spiro atoms. The van der Waals surface area contributed by atoms with Crippen molar-refractivity contribution in [1.29, 1.82) is 0 Å². The van der Waals surface area contributed by atoms with Crippen LogP contribution < -0.4 is 15.0 Å². The Morgan fingerprint density at radius 3 is 2.64 bits per heavy atom. The van der Waals surface area contributed by atoms with E-state index in [9.17, 15) is 14.7 Å². The van der Waals surface area contributed by atoms with Gasteiger partial charge in [-0.2, -0.15) is 0 Å². The lowest BCUT2D eigenvalue weighted by atomic mass is 10.2. The van der Waals surface area contributed by atoms with Gasteiger partial charge in [-0.3, -0.25) is 14.5 Å². The number of nitrogens with one attached hydrogen (secondary N) is 1. The van der Waals surface area contributed by atoms with E-state index in [-0.39, 0.29) is 17.6 Å². The average molecular weight is 415 g/mol. The smallest absolute Gasteiger partial charge is 0.270 e. The monoisotopic (exact) mass is 414 g/mol. The highest BCUT2D eigenvalue weighted by Gasteiger charge is 2.33. The number of rotatable bonds is 5. The molecule has 0 radical (unpaired) electrons. The van der Waals surface area contributed by atoms with Crippen molar-refractivity contribution in [2.75, 3.05) is 16.8 Å². The third-order valence-electron chi connectivity index (χ3n) is 3.82. The highest BCUT2D eigenvalue weighted by atomic mass is 32.2. The molecule has 6 nitrogen and oxygen atoms in total. The molecule has 0 atom stereocenters. The topological polar surface area (TPSA) is 78.9 Å². The van der Waals surface area contributed by atoms with Crippen LogP contribution in [0.1, 0.15) is 19.4 Å². The molecular weight excluding hydrogens is 396 g/mol. The van der Waals surface area contributed by atoms with Gasteiger partial charge in [0.1, 0.15) is 0 Å². The molecule has 0 aromatic heterocycles. The summed E-state index contributed by atoms with van der Waals surface area (Å²) in [6.07, 6.45) is 1.72. The molecule has 1 aliphatic rings. The zero-order valence-electron chi connectivity index (χ0n) is 15.3. The second-order valence-corrected chi connectivity index (χ2v) is 7.58. The van der Waals surface area contributed by atoms with Crippen LogP contribution in [0.4, 0.5) is 11.4 Å². The average Bonchev–Trinajstić information content (AvgIpc) is 2.92. The number of hydrogen-bond acceptors (Lipinski definition) is 6. The van der Waals surface area contributed by atoms with Crippen LogP contribution in [-0.2, 0) is 9.59 Å². The van der Waals surface area contributed by atoms with Crippen molar-refractivity contribution in [2.24, 2.45) is 0 Å². The molecule has 2 aromatic carbocycles. The number of benzene rings is 2. The largest absolute Gasteiger partial charge is 0.504 e. The van der Waals surface area contributed by atoms with Crippen LogP contribution in [0.2, 0.25) is 0 Å². The summed E-state index contributed by atoms with van der Waals surface area (Å²) in [5.41, 5.74) is 1.99. The zero-order valence-corrected chi connectivity index (χ0v) is 16.9. The van der Waals surface area contributed by atoms with E-state index in [0.717, 1.165) is 5.56 Å². The van der Waals surface area contributed by atoms with Gasteiger partial charge in [0, 0.05) is 12.6 Å². The van der Waals surface area contributed by atoms with E-state index in [1.54, 1.807) is 42.5 Å². The van der Waals surface area contributed by atoms with Crippen LogP contribution in [0.15, 0.2) is 47.4 Å². The summed E-state index contributed by atoms with van der Waals surface area (Å²) in [6, 6.07) is 11.8. The number of phenolic OH excluding ortho intramolecular Hbond substituents is 1. The van der Waals surface area contributed by atoms with Gasteiger partial charge < -0.3 is 15.2 Å². The van der Waals surface area contributed by atoms with Gasteiger partial charge in [-0.1, -0.05) is 30.0 Å². The number of amides is 2. The number of phenols is 1. The second kappa shape index (κ2) is 8.45. The lowest BCUT2D eigenvalue weighted by Crippen LogP contribution is -2.27. The molecule has 0 bridgehead atoms. The second-order valence-electron chi connectivity index (χ2n) is 5.91. The Kier molecular flexibility index (Phi) is 6.01. The van der Waals surface area contributed by atoms with Crippen LogP contribution in [0.5, 0.6) is 11.5 Å². The zero-order chi connectivity index (χ0) is 20.3. The number of aromatic hydroxyl groups is 1. The number of ether oxygens (including phenoxy) is 1. The van der Waals surface area contributed by atoms with Crippen LogP contribution >= 0.6 is 24.0 Å². The normalized spacial score (nSPS) is 15.2. The van der Waals surface area contributed by atoms with Crippen LogP contribution in [0.3, 0.4) is 0 Å². The molecule has 1 saturated heterocycles. The Morgan fingerprint density at radius 1 is 1.29 bits per heavy atom. The van der Waals surface area contributed by atoms with Crippen molar-refractivity contribution in [3.8, 4) is 11.5 Å². The third kappa shape index (κ3) is 4.35. The summed E-state index contributed by atoms with van der Waals surface area (Å²) in [5.74, 6) is 0.0148. The first-order chi connectivity index (χ1) is 13.4. The molecule has 0 unspecified atom stereocenters. The molecule has 1 fully saturated rings. The standard InChI is InChI=1S/C20H18N2O4S2/c1-3-26-17-10-13(4-9-16(17)24)11-18-19(25)22(20(27)28-18)15-7-5-14(6-8-15)21-12(2)23/h4-11,24H,3H2,1-2H3,(H,21,23). The highest BCUT2D eigenvalue weighted by Crippen LogP contribution is 2.37. The van der Waals surface area contributed by atoms with Gasteiger partial charge in [-0.25, -0.2) is 0 Å². The van der Waals surface area contributed by atoms with Gasteiger partial charge in [0.25, 0.3) is 5.91 Å². The SMILES string of the molecule is CCOc1cc(C=C2SC(=S)N(c3ccc(NC(C)=O)cc3)C2=O)ccc1O. The van der Waals surface area contributed by atoms with Crippen LogP contribution in [0, 0.1) is 0 Å². The summed E-state index contributed by atoms with van der Waals surface area (Å²) >= 11 is 6.58. The molecule has 28 heavy (non-hydrogen) atoms. The Bertz CT molecular complexity index is 971. The Balaban J connectivity index is 1.84. The first-order valence-electron chi connectivity index (χ1n) is 8.50. The third-order valence-corrected chi connectivity index (χ3v) is 5.12. The maximum absolute atomic E-state index is 12.9. The summed E-state index contributed by atoms with van der Waals surface area (Å²) in [7, 11) is 0. The van der Waals surface area contributed by atoms with Gasteiger partial charge >= 0.3 is 0 Å². The van der Waals surface area contributed by atoms with Crippen molar-refractivity contribution in [2.45, 2.75) is 13.8 Å². The first-order valence-corrected chi connectivity index (χ1v) is 9.73. The van der Waals surface area contributed by atoms with Crippen molar-refractivity contribution in [1.82, 2.24) is 0 Å². The molecule has 144 valence electrons. The minimum Gasteiger partial charge on any atom is -0.504 e. The molecule has 0 aliphatic carbocycles. The molecule has 8 heteroatoms. The summed E-state index contributed by atoms with van der Waals surface area (Å²) in [4.78, 5) is 25.9. The number of thioether (sulfide) groups is 1. The van der Waals surface area contributed by atoms with E-state index in [1.165, 1.54) is 29.7 Å². The fourth-order valence-corrected chi connectivity index (χ4v) is 3.93. The fourth-order valence-electron chi connectivity index (χ4n) is 2.63. The summed E-state index contributed by atoms with van der Waals surface area (Å²) in [5, 5.41) is 12.5. The maximum atomic E-state index is 12.9. The van der Waals surface area contributed by atoms with Gasteiger partial charge in [-0.05, 0) is 55.0 Å². The van der Waals surface area contributed by atoms with E-state index < -0.39 is 0 Å². The number of carbonyl (C=O) groups is 2. The Labute approximate surface area is 172 Å². The predicted molar refractivity (Wildman–Crippen MR) is 116 cm³/mol. The van der Waals surface area contributed by atoms with Gasteiger partial charge in [0.15, 0.2) is 15.8 Å². The molecule has 3 rings (SSSR count). The molecule has 2 amide bonds. The van der Waals surface area contributed by atoms with E-state index in [2.05, 4.69) is 5.32 Å². The Morgan fingerprint density at radius 2 is 2.00 bits per heavy atom. The first kappa shape index (κ1) is 19.9. The number of anilines is 2. The number of nitrogens with zero attached hydrogens (tertiary/aromatic N) is 1. The van der Waals surface area contributed by atoms with Gasteiger partial charge in [0.05, 0.1) is 17.2 Å². The minimum absolute atomic E-state index is 0.0470. The Hall–Kier alpha value is -2.84. The van der Waals surface area contributed by atoms with E-state index in [1.807, 2.05) is 6.92 Å². The van der Waals surface area contributed by atoms with Crippen LogP contribution in [-0.4, -0.2) is 27.8 Å². The minimum atomic E-state index is -0.228. The number of thiocarbonyl (C=S) groups is 1. The molecule has 0 saturated carbocycles. The summed E-state index contributed by atoms with van der Waals surface area (Å²) < 4.78 is 5.81. The summed E-state index contributed by atoms with van der Waals surface area (Å²) in [6.45, 7) is 3.68. The van der Waals surface area contributed by atoms with Crippen molar-refractivity contribution >= 4 is 57.6 Å². The molecule has 2 N–H and O–H groups in total. The lowest BCUT2D eigenvalue weighted by Gasteiger charge is -2.15. The van der Waals surface area contributed by atoms with Crippen molar-refractivity contribution < 1.29 is 19.4 Å². The molecule has 1 heterocycles. The lowest BCUT2D eigenvalue weighted by molar-refractivity contribution is -0.114. The van der Waals surface area contributed by atoms with E-state index >= 15 is 0 Å². The maximum Gasteiger partial charge on any atom is 0.270 e. The predicted octanol–water partition coefficient (Wildman–Crippen LogP) is 4.16. The number of hydrogen-bond donors (Lipinski definition) is 2.